The van der Waals surface area contributed by atoms with E-state index >= 15 is 0 Å². The Morgan fingerprint density at radius 3 is 0.851 bits per heavy atom. The van der Waals surface area contributed by atoms with Gasteiger partial charge in [-0.3, -0.25) is 14.4 Å². The van der Waals surface area contributed by atoms with E-state index in [4.69, 9.17) is 14.2 Å². The van der Waals surface area contributed by atoms with E-state index in [1.807, 2.05) is 0 Å². The number of unbranched alkanes of at least 4 members (excludes halogenated alkanes) is 40. The lowest BCUT2D eigenvalue weighted by Gasteiger charge is -2.18. The van der Waals surface area contributed by atoms with Crippen LogP contribution >= 0.6 is 0 Å². The molecule has 0 aliphatic rings. The molecule has 0 aliphatic heterocycles. The summed E-state index contributed by atoms with van der Waals surface area (Å²) in [5.74, 6) is -0.853. The normalized spacial score (nSPS) is 12.1. The summed E-state index contributed by atoms with van der Waals surface area (Å²) in [4.78, 5) is 38.2. The van der Waals surface area contributed by atoms with Crippen molar-refractivity contribution in [2.45, 2.75) is 335 Å². The molecule has 0 saturated carbocycles. The second kappa shape index (κ2) is 56.5. The van der Waals surface area contributed by atoms with Crippen LogP contribution in [0.5, 0.6) is 0 Å². The van der Waals surface area contributed by atoms with Crippen LogP contribution in [0.2, 0.25) is 0 Å². The molecule has 0 unspecified atom stereocenters. The fourth-order valence-corrected chi connectivity index (χ4v) is 8.95. The minimum Gasteiger partial charge on any atom is -0.462 e. The highest BCUT2D eigenvalue weighted by Crippen LogP contribution is 2.17. The van der Waals surface area contributed by atoms with Crippen molar-refractivity contribution in [1.29, 1.82) is 0 Å². The van der Waals surface area contributed by atoms with E-state index in [0.717, 1.165) is 70.6 Å². The Hall–Kier alpha value is -2.11. The van der Waals surface area contributed by atoms with Gasteiger partial charge < -0.3 is 14.2 Å². The first-order chi connectivity index (χ1) is 33.0. The molecular formula is C61H114O6. The number of carbonyl (C=O) groups is 3. The molecule has 6 heteroatoms. The maximum Gasteiger partial charge on any atom is 0.306 e. The van der Waals surface area contributed by atoms with Crippen molar-refractivity contribution in [2.24, 2.45) is 0 Å². The molecule has 0 aromatic heterocycles. The van der Waals surface area contributed by atoms with E-state index in [9.17, 15) is 14.4 Å². The zero-order valence-electron chi connectivity index (χ0n) is 45.2. The lowest BCUT2D eigenvalue weighted by Crippen LogP contribution is -2.30. The minimum absolute atomic E-state index is 0.0688. The van der Waals surface area contributed by atoms with Gasteiger partial charge in [-0.2, -0.15) is 0 Å². The number of hydrogen-bond acceptors (Lipinski definition) is 6. The van der Waals surface area contributed by atoms with Gasteiger partial charge >= 0.3 is 17.9 Å². The first-order valence-corrected chi connectivity index (χ1v) is 29.8. The molecule has 0 aliphatic carbocycles. The van der Waals surface area contributed by atoms with E-state index in [1.165, 1.54) is 218 Å². The van der Waals surface area contributed by atoms with Gasteiger partial charge in [0.05, 0.1) is 0 Å². The third kappa shape index (κ3) is 54.7. The monoisotopic (exact) mass is 943 g/mol. The van der Waals surface area contributed by atoms with Gasteiger partial charge in [-0.05, 0) is 51.4 Å². The van der Waals surface area contributed by atoms with Crippen LogP contribution in [0.3, 0.4) is 0 Å². The highest BCUT2D eigenvalue weighted by atomic mass is 16.6. The van der Waals surface area contributed by atoms with Crippen LogP contribution in [0.25, 0.3) is 0 Å². The second-order valence-electron chi connectivity index (χ2n) is 20.3. The van der Waals surface area contributed by atoms with Crippen molar-refractivity contribution in [3.63, 3.8) is 0 Å². The summed E-state index contributed by atoms with van der Waals surface area (Å²) >= 11 is 0. The number of esters is 3. The number of hydrogen-bond donors (Lipinski definition) is 0. The molecule has 0 heterocycles. The number of carbonyl (C=O) groups excluding carboxylic acids is 3. The minimum atomic E-state index is -0.770. The Morgan fingerprint density at radius 2 is 0.537 bits per heavy atom. The average Bonchev–Trinajstić information content (AvgIpc) is 3.33. The summed E-state index contributed by atoms with van der Waals surface area (Å²) in [5, 5.41) is 0. The standard InChI is InChI=1S/C61H114O6/c1-4-7-10-13-16-19-22-25-28-30-32-33-36-39-42-45-48-51-54-60(63)66-57-58(56-65-59(62)53-50-47-44-41-38-35-27-24-21-18-15-12-9-6-3)67-61(64)55-52-49-46-43-40-37-34-31-29-26-23-20-17-14-11-8-5-2/h17,20,26,29,58H,4-16,18-19,21-25,27-28,30-57H2,1-3H3/b20-17+,29-26+/t58-/m1/s1. The van der Waals surface area contributed by atoms with Crippen LogP contribution < -0.4 is 0 Å². The maximum absolute atomic E-state index is 12.9. The molecular weight excluding hydrogens is 829 g/mol. The van der Waals surface area contributed by atoms with Crippen LogP contribution in [-0.2, 0) is 28.6 Å². The summed E-state index contributed by atoms with van der Waals surface area (Å²) in [6.07, 6.45) is 65.9. The molecule has 0 radical (unpaired) electrons. The van der Waals surface area contributed by atoms with E-state index in [-0.39, 0.29) is 31.1 Å². The van der Waals surface area contributed by atoms with Crippen LogP contribution in [0, 0.1) is 0 Å². The van der Waals surface area contributed by atoms with Gasteiger partial charge in [-0.25, -0.2) is 0 Å². The summed E-state index contributed by atoms with van der Waals surface area (Å²) < 4.78 is 16.9. The highest BCUT2D eigenvalue weighted by Gasteiger charge is 2.19. The van der Waals surface area contributed by atoms with Gasteiger partial charge in [0.2, 0.25) is 0 Å². The molecule has 0 fully saturated rings. The zero-order valence-corrected chi connectivity index (χ0v) is 45.2. The number of allylic oxidation sites excluding steroid dienone is 4. The quantitative estimate of drug-likeness (QED) is 0.0262. The first-order valence-electron chi connectivity index (χ1n) is 29.8. The predicted octanol–water partition coefficient (Wildman–Crippen LogP) is 19.9. The Labute approximate surface area is 417 Å². The highest BCUT2D eigenvalue weighted by molar-refractivity contribution is 5.71. The van der Waals surface area contributed by atoms with Crippen molar-refractivity contribution in [1.82, 2.24) is 0 Å². The Morgan fingerprint density at radius 1 is 0.299 bits per heavy atom. The van der Waals surface area contributed by atoms with Crippen molar-refractivity contribution in [3.8, 4) is 0 Å². The molecule has 1 atom stereocenters. The van der Waals surface area contributed by atoms with Crippen LogP contribution in [0.1, 0.15) is 329 Å². The largest absolute Gasteiger partial charge is 0.462 e. The predicted molar refractivity (Wildman–Crippen MR) is 289 cm³/mol. The van der Waals surface area contributed by atoms with Crippen molar-refractivity contribution in [2.75, 3.05) is 13.2 Å². The zero-order chi connectivity index (χ0) is 48.6. The molecule has 394 valence electrons. The van der Waals surface area contributed by atoms with Crippen LogP contribution in [-0.4, -0.2) is 37.2 Å². The molecule has 0 amide bonds. The van der Waals surface area contributed by atoms with Gasteiger partial charge in [0, 0.05) is 19.3 Å². The fourth-order valence-electron chi connectivity index (χ4n) is 8.95. The molecule has 0 spiro atoms. The summed E-state index contributed by atoms with van der Waals surface area (Å²) in [6.45, 7) is 6.67. The Kier molecular flexibility index (Phi) is 54.7. The molecule has 67 heavy (non-hydrogen) atoms. The van der Waals surface area contributed by atoms with Gasteiger partial charge in [0.1, 0.15) is 13.2 Å². The van der Waals surface area contributed by atoms with Crippen molar-refractivity contribution >= 4 is 17.9 Å². The van der Waals surface area contributed by atoms with Gasteiger partial charge in [-0.1, -0.05) is 283 Å². The van der Waals surface area contributed by atoms with E-state index in [2.05, 4.69) is 45.1 Å². The third-order valence-electron chi connectivity index (χ3n) is 13.5. The molecule has 0 saturated heterocycles. The molecule has 0 bridgehead atoms. The number of ether oxygens (including phenoxy) is 3. The molecule has 0 rings (SSSR count). The molecule has 0 aromatic carbocycles. The van der Waals surface area contributed by atoms with E-state index in [1.54, 1.807) is 0 Å². The Bertz CT molecular complexity index is 1080. The first kappa shape index (κ1) is 64.9. The summed E-state index contributed by atoms with van der Waals surface area (Å²) in [6, 6.07) is 0. The lowest BCUT2D eigenvalue weighted by atomic mass is 10.0. The molecule has 6 nitrogen and oxygen atoms in total. The van der Waals surface area contributed by atoms with Gasteiger partial charge in [-0.15, -0.1) is 0 Å². The Balaban J connectivity index is 4.32. The van der Waals surface area contributed by atoms with E-state index in [0.29, 0.717) is 19.3 Å². The third-order valence-corrected chi connectivity index (χ3v) is 13.5. The lowest BCUT2D eigenvalue weighted by molar-refractivity contribution is -0.167. The van der Waals surface area contributed by atoms with Crippen molar-refractivity contribution in [3.05, 3.63) is 24.3 Å². The molecule has 0 aromatic rings. The van der Waals surface area contributed by atoms with Gasteiger partial charge in [0.15, 0.2) is 6.10 Å². The topological polar surface area (TPSA) is 78.9 Å². The maximum atomic E-state index is 12.9. The van der Waals surface area contributed by atoms with Crippen LogP contribution in [0.4, 0.5) is 0 Å². The van der Waals surface area contributed by atoms with Crippen LogP contribution in [0.15, 0.2) is 24.3 Å². The average molecular weight is 944 g/mol. The summed E-state index contributed by atoms with van der Waals surface area (Å²) in [7, 11) is 0. The second-order valence-corrected chi connectivity index (χ2v) is 20.3. The van der Waals surface area contributed by atoms with Crippen molar-refractivity contribution < 1.29 is 28.6 Å². The van der Waals surface area contributed by atoms with Gasteiger partial charge in [0.25, 0.3) is 0 Å². The SMILES string of the molecule is CCCCC/C=C/C/C=C/CCCCCCCCCC(=O)O[C@H](COC(=O)CCCCCCCCCCCCCCCC)COC(=O)CCCCCCCCCCCCCCCCCCCC. The molecule has 0 N–H and O–H groups in total. The van der Waals surface area contributed by atoms with E-state index < -0.39 is 6.10 Å². The number of rotatable bonds is 55. The fraction of sp³-hybridized carbons (Fsp3) is 0.885. The smallest absolute Gasteiger partial charge is 0.306 e. The summed E-state index contributed by atoms with van der Waals surface area (Å²) in [5.41, 5.74) is 0.